The molecule has 1 aromatic rings. The Kier molecular flexibility index (Phi) is 3.79. The summed E-state index contributed by atoms with van der Waals surface area (Å²) >= 11 is 0. The average Bonchev–Trinajstić information content (AvgIpc) is 2.48. The second kappa shape index (κ2) is 5.17. The highest BCUT2D eigenvalue weighted by Crippen LogP contribution is 2.33. The second-order valence-corrected chi connectivity index (χ2v) is 5.73. The molecule has 3 nitrogen and oxygen atoms in total. The molecule has 0 aliphatic heterocycles. The summed E-state index contributed by atoms with van der Waals surface area (Å²) < 4.78 is 2.25. The molecular formula is C15H23NO2. The van der Waals surface area contributed by atoms with Crippen molar-refractivity contribution >= 4 is 5.97 Å². The van der Waals surface area contributed by atoms with Crippen LogP contribution in [0.4, 0.5) is 0 Å². The molecule has 1 fully saturated rings. The van der Waals surface area contributed by atoms with Gasteiger partial charge in [0.1, 0.15) is 0 Å². The van der Waals surface area contributed by atoms with Gasteiger partial charge in [-0.3, -0.25) is 0 Å². The van der Waals surface area contributed by atoms with Gasteiger partial charge in [0.05, 0.1) is 5.56 Å². The summed E-state index contributed by atoms with van der Waals surface area (Å²) in [4.78, 5) is 11.2. The van der Waals surface area contributed by atoms with Gasteiger partial charge in [-0.05, 0) is 45.1 Å². The fourth-order valence-electron chi connectivity index (χ4n) is 3.28. The maximum absolute atomic E-state index is 11.2. The van der Waals surface area contributed by atoms with Gasteiger partial charge < -0.3 is 9.67 Å². The Bertz CT molecular complexity index is 448. The molecule has 1 saturated carbocycles. The molecular weight excluding hydrogens is 226 g/mol. The number of hydrogen-bond donors (Lipinski definition) is 1. The first-order chi connectivity index (χ1) is 8.50. The van der Waals surface area contributed by atoms with Crippen LogP contribution in [0.2, 0.25) is 0 Å². The number of carbonyl (C=O) groups is 1. The Morgan fingerprint density at radius 2 is 2.00 bits per heavy atom. The van der Waals surface area contributed by atoms with Gasteiger partial charge >= 0.3 is 5.97 Å². The third-order valence-corrected chi connectivity index (χ3v) is 4.31. The van der Waals surface area contributed by atoms with Gasteiger partial charge in [-0.25, -0.2) is 4.79 Å². The van der Waals surface area contributed by atoms with Crippen LogP contribution in [0.25, 0.3) is 0 Å². The standard InChI is InChI=1S/C15H23NO2/c1-10-5-4-6-13(8-7-10)16-11(2)9-14(12(16)3)15(17)18/h9-10,13H,4-8H2,1-3H3,(H,17,18). The van der Waals surface area contributed by atoms with E-state index in [2.05, 4.69) is 11.5 Å². The minimum atomic E-state index is -0.809. The third kappa shape index (κ3) is 2.45. The van der Waals surface area contributed by atoms with Gasteiger partial charge in [-0.1, -0.05) is 19.8 Å². The molecule has 0 aromatic carbocycles. The van der Waals surface area contributed by atoms with Gasteiger partial charge in [0.25, 0.3) is 0 Å². The molecule has 2 atom stereocenters. The third-order valence-electron chi connectivity index (χ3n) is 4.31. The van der Waals surface area contributed by atoms with E-state index in [1.54, 1.807) is 0 Å². The second-order valence-electron chi connectivity index (χ2n) is 5.73. The molecule has 3 heteroatoms. The molecule has 0 spiro atoms. The van der Waals surface area contributed by atoms with Crippen molar-refractivity contribution in [3.05, 3.63) is 23.0 Å². The van der Waals surface area contributed by atoms with Crippen LogP contribution in [-0.2, 0) is 0 Å². The normalized spacial score (nSPS) is 24.8. The van der Waals surface area contributed by atoms with E-state index in [1.807, 2.05) is 19.9 Å². The number of rotatable bonds is 2. The van der Waals surface area contributed by atoms with Crippen molar-refractivity contribution < 1.29 is 9.90 Å². The molecule has 2 rings (SSSR count). The van der Waals surface area contributed by atoms with Gasteiger partial charge in [-0.15, -0.1) is 0 Å². The van der Waals surface area contributed by atoms with Crippen molar-refractivity contribution in [2.45, 2.75) is 58.9 Å². The Hall–Kier alpha value is -1.25. The minimum Gasteiger partial charge on any atom is -0.478 e. The Morgan fingerprint density at radius 3 is 2.61 bits per heavy atom. The number of aromatic nitrogens is 1. The quantitative estimate of drug-likeness (QED) is 0.806. The van der Waals surface area contributed by atoms with E-state index in [1.165, 1.54) is 32.1 Å². The fraction of sp³-hybridized carbons (Fsp3) is 0.667. The summed E-state index contributed by atoms with van der Waals surface area (Å²) in [7, 11) is 0. The summed E-state index contributed by atoms with van der Waals surface area (Å²) in [5, 5.41) is 9.19. The van der Waals surface area contributed by atoms with Crippen molar-refractivity contribution in [3.63, 3.8) is 0 Å². The molecule has 1 aromatic heterocycles. The smallest absolute Gasteiger partial charge is 0.337 e. The summed E-state index contributed by atoms with van der Waals surface area (Å²) in [5.74, 6) is 0.00135. The zero-order chi connectivity index (χ0) is 13.3. The lowest BCUT2D eigenvalue weighted by molar-refractivity contribution is 0.0696. The lowest BCUT2D eigenvalue weighted by atomic mass is 10.0. The van der Waals surface area contributed by atoms with Crippen molar-refractivity contribution in [2.24, 2.45) is 5.92 Å². The highest BCUT2D eigenvalue weighted by atomic mass is 16.4. The van der Waals surface area contributed by atoms with Gasteiger partial charge in [0.2, 0.25) is 0 Å². The van der Waals surface area contributed by atoms with Crippen LogP contribution in [0.15, 0.2) is 6.07 Å². The predicted octanol–water partition coefficient (Wildman–Crippen LogP) is 3.94. The van der Waals surface area contributed by atoms with E-state index in [4.69, 9.17) is 0 Å². The first kappa shape index (κ1) is 13.2. The summed E-state index contributed by atoms with van der Waals surface area (Å²) in [6, 6.07) is 2.30. The highest BCUT2D eigenvalue weighted by molar-refractivity contribution is 5.89. The maximum atomic E-state index is 11.2. The molecule has 2 unspecified atom stereocenters. The molecule has 18 heavy (non-hydrogen) atoms. The Balaban J connectivity index is 2.30. The van der Waals surface area contributed by atoms with Crippen LogP contribution in [0.3, 0.4) is 0 Å². The average molecular weight is 249 g/mol. The van der Waals surface area contributed by atoms with Crippen LogP contribution in [0, 0.1) is 19.8 Å². The molecule has 100 valence electrons. The topological polar surface area (TPSA) is 42.2 Å². The summed E-state index contributed by atoms with van der Waals surface area (Å²) in [6.45, 7) is 6.28. The van der Waals surface area contributed by atoms with Crippen LogP contribution in [0.5, 0.6) is 0 Å². The van der Waals surface area contributed by atoms with Crippen molar-refractivity contribution in [2.75, 3.05) is 0 Å². The first-order valence-electron chi connectivity index (χ1n) is 6.92. The van der Waals surface area contributed by atoms with Gasteiger partial charge in [-0.2, -0.15) is 0 Å². The summed E-state index contributed by atoms with van der Waals surface area (Å²) in [6.07, 6.45) is 6.17. The van der Waals surface area contributed by atoms with E-state index < -0.39 is 5.97 Å². The van der Waals surface area contributed by atoms with Crippen molar-refractivity contribution in [1.29, 1.82) is 0 Å². The largest absolute Gasteiger partial charge is 0.478 e. The summed E-state index contributed by atoms with van der Waals surface area (Å²) in [5.41, 5.74) is 2.47. The lowest BCUT2D eigenvalue weighted by Crippen LogP contribution is -2.12. The molecule has 0 radical (unpaired) electrons. The van der Waals surface area contributed by atoms with Crippen LogP contribution >= 0.6 is 0 Å². The molecule has 0 amide bonds. The minimum absolute atomic E-state index is 0.463. The molecule has 1 heterocycles. The number of hydrogen-bond acceptors (Lipinski definition) is 1. The monoisotopic (exact) mass is 249 g/mol. The van der Waals surface area contributed by atoms with E-state index in [0.29, 0.717) is 11.6 Å². The zero-order valence-corrected chi connectivity index (χ0v) is 11.6. The van der Waals surface area contributed by atoms with Crippen molar-refractivity contribution in [1.82, 2.24) is 4.57 Å². The number of nitrogens with zero attached hydrogens (tertiary/aromatic N) is 1. The Morgan fingerprint density at radius 1 is 1.28 bits per heavy atom. The van der Waals surface area contributed by atoms with E-state index >= 15 is 0 Å². The highest BCUT2D eigenvalue weighted by Gasteiger charge is 2.23. The molecule has 1 N–H and O–H groups in total. The lowest BCUT2D eigenvalue weighted by Gasteiger charge is -2.21. The van der Waals surface area contributed by atoms with Crippen LogP contribution in [0.1, 0.15) is 66.8 Å². The van der Waals surface area contributed by atoms with Gasteiger partial charge in [0, 0.05) is 17.4 Å². The molecule has 1 aliphatic carbocycles. The Labute approximate surface area is 109 Å². The predicted molar refractivity (Wildman–Crippen MR) is 72.2 cm³/mol. The van der Waals surface area contributed by atoms with Gasteiger partial charge in [0.15, 0.2) is 0 Å². The number of aryl methyl sites for hydroxylation is 1. The van der Waals surface area contributed by atoms with E-state index in [9.17, 15) is 9.90 Å². The molecule has 0 saturated heterocycles. The van der Waals surface area contributed by atoms with E-state index in [0.717, 1.165) is 17.3 Å². The SMILES string of the molecule is Cc1cc(C(=O)O)c(C)n1C1CCCC(C)CC1. The molecule has 0 bridgehead atoms. The number of aromatic carboxylic acids is 1. The maximum Gasteiger partial charge on any atom is 0.337 e. The van der Waals surface area contributed by atoms with Crippen LogP contribution in [-0.4, -0.2) is 15.6 Å². The van der Waals surface area contributed by atoms with Crippen LogP contribution < -0.4 is 0 Å². The zero-order valence-electron chi connectivity index (χ0n) is 11.6. The number of carboxylic acid groups (broad SMARTS) is 1. The molecule has 1 aliphatic rings. The number of carboxylic acids is 1. The van der Waals surface area contributed by atoms with Crippen molar-refractivity contribution in [3.8, 4) is 0 Å². The van der Waals surface area contributed by atoms with E-state index in [-0.39, 0.29) is 0 Å². The fourth-order valence-corrected chi connectivity index (χ4v) is 3.28. The first-order valence-corrected chi connectivity index (χ1v) is 6.92.